The molecule has 0 radical (unpaired) electrons. The van der Waals surface area contributed by atoms with E-state index in [1.807, 2.05) is 26.0 Å². The number of aromatic amines is 1. The molecule has 0 unspecified atom stereocenters. The minimum absolute atomic E-state index is 0.0952. The van der Waals surface area contributed by atoms with Crippen molar-refractivity contribution in [1.82, 2.24) is 15.3 Å². The highest BCUT2D eigenvalue weighted by Crippen LogP contribution is 2.18. The number of hydrogen-bond acceptors (Lipinski definition) is 3. The van der Waals surface area contributed by atoms with Crippen LogP contribution in [0.2, 0.25) is 0 Å². The van der Waals surface area contributed by atoms with Gasteiger partial charge >= 0.3 is 0 Å². The van der Waals surface area contributed by atoms with E-state index >= 15 is 0 Å². The Morgan fingerprint density at radius 2 is 2.08 bits per heavy atom. The van der Waals surface area contributed by atoms with Crippen molar-refractivity contribution in [3.05, 3.63) is 60.0 Å². The Balaban J connectivity index is 1.62. The standard InChI is InChI=1S/C19H22N4O/c1-13(2)23-19(24)18-11-15(8-10-21-18)20-9-7-14-12-22-17-6-4-3-5-16(14)17/h3-6,8,10-13,22H,7,9H2,1-2H3,(H,20,21)(H,23,24). The van der Waals surface area contributed by atoms with E-state index in [0.717, 1.165) is 24.2 Å². The van der Waals surface area contributed by atoms with Gasteiger partial charge in [-0.3, -0.25) is 9.78 Å². The number of hydrogen-bond donors (Lipinski definition) is 3. The molecule has 5 heteroatoms. The summed E-state index contributed by atoms with van der Waals surface area (Å²) in [5.41, 5.74) is 3.77. The first kappa shape index (κ1) is 16.1. The van der Waals surface area contributed by atoms with Crippen LogP contribution in [0, 0.1) is 0 Å². The third kappa shape index (κ3) is 3.74. The number of pyridine rings is 1. The van der Waals surface area contributed by atoms with Gasteiger partial charge in [0.2, 0.25) is 0 Å². The van der Waals surface area contributed by atoms with Crippen molar-refractivity contribution < 1.29 is 4.79 Å². The van der Waals surface area contributed by atoms with Crippen LogP contribution in [0.5, 0.6) is 0 Å². The van der Waals surface area contributed by atoms with E-state index in [4.69, 9.17) is 0 Å². The first-order valence-electron chi connectivity index (χ1n) is 8.19. The average molecular weight is 322 g/mol. The van der Waals surface area contributed by atoms with Gasteiger partial charge in [0.15, 0.2) is 0 Å². The molecule has 2 heterocycles. The molecule has 1 amide bonds. The topological polar surface area (TPSA) is 69.8 Å². The van der Waals surface area contributed by atoms with Gasteiger partial charge in [0.1, 0.15) is 5.69 Å². The van der Waals surface area contributed by atoms with E-state index in [-0.39, 0.29) is 11.9 Å². The highest BCUT2D eigenvalue weighted by atomic mass is 16.1. The molecule has 3 rings (SSSR count). The molecule has 0 aliphatic heterocycles. The summed E-state index contributed by atoms with van der Waals surface area (Å²) in [6.07, 6.45) is 4.61. The number of benzene rings is 1. The van der Waals surface area contributed by atoms with Crippen LogP contribution < -0.4 is 10.6 Å². The Labute approximate surface area is 141 Å². The van der Waals surface area contributed by atoms with Crippen LogP contribution in [-0.4, -0.2) is 28.5 Å². The number of aromatic nitrogens is 2. The second-order valence-electron chi connectivity index (χ2n) is 6.09. The number of nitrogens with zero attached hydrogens (tertiary/aromatic N) is 1. The lowest BCUT2D eigenvalue weighted by Gasteiger charge is -2.10. The van der Waals surface area contributed by atoms with Gasteiger partial charge in [-0.2, -0.15) is 0 Å². The lowest BCUT2D eigenvalue weighted by atomic mass is 10.1. The van der Waals surface area contributed by atoms with Gasteiger partial charge in [-0.05, 0) is 44.0 Å². The van der Waals surface area contributed by atoms with E-state index in [2.05, 4.69) is 45.0 Å². The molecule has 5 nitrogen and oxygen atoms in total. The molecule has 3 aromatic rings. The van der Waals surface area contributed by atoms with Crippen LogP contribution in [0.15, 0.2) is 48.8 Å². The number of rotatable bonds is 6. The maximum Gasteiger partial charge on any atom is 0.270 e. The minimum Gasteiger partial charge on any atom is -0.385 e. The van der Waals surface area contributed by atoms with Gasteiger partial charge < -0.3 is 15.6 Å². The summed E-state index contributed by atoms with van der Waals surface area (Å²) in [5.74, 6) is -0.148. The monoisotopic (exact) mass is 322 g/mol. The fourth-order valence-corrected chi connectivity index (χ4v) is 2.68. The molecule has 0 bridgehead atoms. The highest BCUT2D eigenvalue weighted by molar-refractivity contribution is 5.93. The second-order valence-corrected chi connectivity index (χ2v) is 6.09. The van der Waals surface area contributed by atoms with Gasteiger partial charge in [0.25, 0.3) is 5.91 Å². The lowest BCUT2D eigenvalue weighted by molar-refractivity contribution is 0.0938. The summed E-state index contributed by atoms with van der Waals surface area (Å²) in [4.78, 5) is 19.4. The number of H-pyrrole nitrogens is 1. The molecule has 3 N–H and O–H groups in total. The molecule has 1 aromatic carbocycles. The van der Waals surface area contributed by atoms with E-state index < -0.39 is 0 Å². The molecule has 2 aromatic heterocycles. The molecule has 0 atom stereocenters. The SMILES string of the molecule is CC(C)NC(=O)c1cc(NCCc2c[nH]c3ccccc23)ccn1. The minimum atomic E-state index is -0.148. The fourth-order valence-electron chi connectivity index (χ4n) is 2.68. The van der Waals surface area contributed by atoms with Crippen molar-refractivity contribution in [2.24, 2.45) is 0 Å². The zero-order chi connectivity index (χ0) is 16.9. The fraction of sp³-hybridized carbons (Fsp3) is 0.263. The molecule has 0 spiro atoms. The molecule has 0 aliphatic carbocycles. The molecule has 0 aliphatic rings. The van der Waals surface area contributed by atoms with E-state index in [0.29, 0.717) is 5.69 Å². The van der Waals surface area contributed by atoms with Crippen LogP contribution in [0.4, 0.5) is 5.69 Å². The first-order chi connectivity index (χ1) is 11.6. The molecule has 0 fully saturated rings. The summed E-state index contributed by atoms with van der Waals surface area (Å²) in [6.45, 7) is 4.65. The number of para-hydroxylation sites is 1. The third-order valence-corrected chi connectivity index (χ3v) is 3.81. The number of carbonyl (C=O) groups is 1. The summed E-state index contributed by atoms with van der Waals surface area (Å²) in [5, 5.41) is 7.47. The summed E-state index contributed by atoms with van der Waals surface area (Å²) in [6, 6.07) is 12.0. The van der Waals surface area contributed by atoms with Gasteiger partial charge in [-0.15, -0.1) is 0 Å². The maximum atomic E-state index is 12.0. The Morgan fingerprint density at radius 3 is 2.92 bits per heavy atom. The van der Waals surface area contributed by atoms with Gasteiger partial charge in [-0.25, -0.2) is 0 Å². The largest absolute Gasteiger partial charge is 0.385 e. The van der Waals surface area contributed by atoms with Crippen LogP contribution in [0.3, 0.4) is 0 Å². The van der Waals surface area contributed by atoms with E-state index in [1.54, 1.807) is 12.3 Å². The summed E-state index contributed by atoms with van der Waals surface area (Å²) < 4.78 is 0. The van der Waals surface area contributed by atoms with Crippen molar-refractivity contribution >= 4 is 22.5 Å². The van der Waals surface area contributed by atoms with Crippen LogP contribution >= 0.6 is 0 Å². The number of amides is 1. The van der Waals surface area contributed by atoms with Crippen LogP contribution in [-0.2, 0) is 6.42 Å². The van der Waals surface area contributed by atoms with Crippen LogP contribution in [0.25, 0.3) is 10.9 Å². The summed E-state index contributed by atoms with van der Waals surface area (Å²) in [7, 11) is 0. The van der Waals surface area contributed by atoms with Gasteiger partial charge in [0, 0.05) is 41.6 Å². The van der Waals surface area contributed by atoms with Crippen LogP contribution in [0.1, 0.15) is 29.9 Å². The van der Waals surface area contributed by atoms with E-state index in [9.17, 15) is 4.79 Å². The van der Waals surface area contributed by atoms with Gasteiger partial charge in [-0.1, -0.05) is 18.2 Å². The average Bonchev–Trinajstić information content (AvgIpc) is 2.98. The number of carbonyl (C=O) groups excluding carboxylic acids is 1. The number of anilines is 1. The number of fused-ring (bicyclic) bond motifs is 1. The van der Waals surface area contributed by atoms with Crippen molar-refractivity contribution in [1.29, 1.82) is 0 Å². The third-order valence-electron chi connectivity index (χ3n) is 3.81. The van der Waals surface area contributed by atoms with Gasteiger partial charge in [0.05, 0.1) is 0 Å². The zero-order valence-corrected chi connectivity index (χ0v) is 14.0. The molecular formula is C19H22N4O. The maximum absolute atomic E-state index is 12.0. The molecule has 0 saturated heterocycles. The number of nitrogens with one attached hydrogen (secondary N) is 3. The first-order valence-corrected chi connectivity index (χ1v) is 8.19. The zero-order valence-electron chi connectivity index (χ0n) is 14.0. The van der Waals surface area contributed by atoms with Crippen molar-refractivity contribution in [2.45, 2.75) is 26.3 Å². The summed E-state index contributed by atoms with van der Waals surface area (Å²) >= 11 is 0. The Bertz CT molecular complexity index is 838. The Hall–Kier alpha value is -2.82. The molecule has 0 saturated carbocycles. The Morgan fingerprint density at radius 1 is 1.25 bits per heavy atom. The van der Waals surface area contributed by atoms with Crippen molar-refractivity contribution in [2.75, 3.05) is 11.9 Å². The predicted molar refractivity (Wildman–Crippen MR) is 97.3 cm³/mol. The van der Waals surface area contributed by atoms with Crippen molar-refractivity contribution in [3.63, 3.8) is 0 Å². The Kier molecular flexibility index (Phi) is 4.79. The lowest BCUT2D eigenvalue weighted by Crippen LogP contribution is -2.30. The quantitative estimate of drug-likeness (QED) is 0.652. The molecular weight excluding hydrogens is 300 g/mol. The van der Waals surface area contributed by atoms with Crippen molar-refractivity contribution in [3.8, 4) is 0 Å². The molecule has 24 heavy (non-hydrogen) atoms. The molecule has 124 valence electrons. The predicted octanol–water partition coefficient (Wildman–Crippen LogP) is 3.36. The normalized spacial score (nSPS) is 11.0. The highest BCUT2D eigenvalue weighted by Gasteiger charge is 2.09. The van der Waals surface area contributed by atoms with E-state index in [1.165, 1.54) is 10.9 Å². The smallest absolute Gasteiger partial charge is 0.270 e. The second kappa shape index (κ2) is 7.17.